The first-order valence-electron chi connectivity index (χ1n) is 6.85. The summed E-state index contributed by atoms with van der Waals surface area (Å²) < 4.78 is 13.3. The lowest BCUT2D eigenvalue weighted by Crippen LogP contribution is -2.20. The third kappa shape index (κ3) is 3.23. The smallest absolute Gasteiger partial charge is 0.141 e. The Balaban J connectivity index is 2.32. The summed E-state index contributed by atoms with van der Waals surface area (Å²) in [5.41, 5.74) is 6.04. The van der Waals surface area contributed by atoms with Crippen molar-refractivity contribution in [2.75, 3.05) is 7.05 Å². The first-order valence-corrected chi connectivity index (χ1v) is 6.85. The second-order valence-corrected chi connectivity index (χ2v) is 5.36. The molecule has 1 heterocycles. The van der Waals surface area contributed by atoms with Crippen LogP contribution in [0, 0.1) is 26.6 Å². The summed E-state index contributed by atoms with van der Waals surface area (Å²) in [6, 6.07) is 6.00. The molecule has 2 nitrogen and oxygen atoms in total. The highest BCUT2D eigenvalue weighted by Crippen LogP contribution is 2.24. The number of nitrogens with zero attached hydrogens (tertiary/aromatic N) is 1. The van der Waals surface area contributed by atoms with Gasteiger partial charge in [-0.1, -0.05) is 17.7 Å². The number of hydrogen-bond acceptors (Lipinski definition) is 2. The maximum absolute atomic E-state index is 13.3. The number of aryl methyl sites for hydroxylation is 3. The van der Waals surface area contributed by atoms with E-state index < -0.39 is 0 Å². The van der Waals surface area contributed by atoms with Crippen LogP contribution in [0.1, 0.15) is 33.9 Å². The molecule has 0 bridgehead atoms. The number of halogens is 1. The fourth-order valence-electron chi connectivity index (χ4n) is 2.74. The van der Waals surface area contributed by atoms with E-state index >= 15 is 0 Å². The molecule has 1 aromatic carbocycles. The molecule has 1 N–H and O–H groups in total. The topological polar surface area (TPSA) is 24.9 Å². The summed E-state index contributed by atoms with van der Waals surface area (Å²) in [6.45, 7) is 6.37. The summed E-state index contributed by atoms with van der Waals surface area (Å²) in [7, 11) is 1.90. The Kier molecular flexibility index (Phi) is 4.50. The maximum atomic E-state index is 13.3. The highest BCUT2D eigenvalue weighted by atomic mass is 19.1. The molecule has 0 aliphatic heterocycles. The predicted molar refractivity (Wildman–Crippen MR) is 80.4 cm³/mol. The van der Waals surface area contributed by atoms with Crippen LogP contribution < -0.4 is 5.32 Å². The Morgan fingerprint density at radius 1 is 1.10 bits per heavy atom. The van der Waals surface area contributed by atoms with Gasteiger partial charge in [0.05, 0.1) is 6.20 Å². The van der Waals surface area contributed by atoms with Crippen molar-refractivity contribution in [1.82, 2.24) is 10.3 Å². The molecular formula is C17H21FN2. The van der Waals surface area contributed by atoms with E-state index in [0.717, 1.165) is 12.0 Å². The molecule has 0 fully saturated rings. The number of hydrogen-bond donors (Lipinski definition) is 1. The van der Waals surface area contributed by atoms with E-state index in [1.165, 1.54) is 28.5 Å². The predicted octanol–water partition coefficient (Wildman–Crippen LogP) is 3.65. The standard InChI is InChI=1S/C17H21FN2/c1-11-5-12(2)16(13(3)6-11)8-17(19-4)14-7-15(18)10-20-9-14/h5-7,9-10,17,19H,8H2,1-4H3. The summed E-state index contributed by atoms with van der Waals surface area (Å²) in [5.74, 6) is -0.292. The van der Waals surface area contributed by atoms with Gasteiger partial charge in [0.25, 0.3) is 0 Å². The van der Waals surface area contributed by atoms with Crippen molar-refractivity contribution >= 4 is 0 Å². The molecule has 0 radical (unpaired) electrons. The zero-order valence-corrected chi connectivity index (χ0v) is 12.5. The van der Waals surface area contributed by atoms with Gasteiger partial charge in [0.2, 0.25) is 0 Å². The van der Waals surface area contributed by atoms with E-state index in [-0.39, 0.29) is 11.9 Å². The van der Waals surface area contributed by atoms with Gasteiger partial charge in [-0.25, -0.2) is 4.39 Å². The van der Waals surface area contributed by atoms with E-state index in [2.05, 4.69) is 43.2 Å². The normalized spacial score (nSPS) is 12.4. The molecule has 3 heteroatoms. The molecule has 2 aromatic rings. The first kappa shape index (κ1) is 14.7. The van der Waals surface area contributed by atoms with Crippen molar-refractivity contribution in [3.63, 3.8) is 0 Å². The number of pyridine rings is 1. The van der Waals surface area contributed by atoms with Crippen molar-refractivity contribution in [2.45, 2.75) is 33.2 Å². The maximum Gasteiger partial charge on any atom is 0.141 e. The molecular weight excluding hydrogens is 251 g/mol. The van der Waals surface area contributed by atoms with E-state index in [1.807, 2.05) is 7.05 Å². The molecule has 0 aliphatic rings. The van der Waals surface area contributed by atoms with Crippen molar-refractivity contribution in [3.8, 4) is 0 Å². The van der Waals surface area contributed by atoms with Crippen LogP contribution in [0.25, 0.3) is 0 Å². The molecule has 0 saturated carbocycles. The molecule has 0 spiro atoms. The Morgan fingerprint density at radius 3 is 2.30 bits per heavy atom. The Morgan fingerprint density at radius 2 is 1.75 bits per heavy atom. The second kappa shape index (κ2) is 6.14. The summed E-state index contributed by atoms with van der Waals surface area (Å²) in [6.07, 6.45) is 3.79. The minimum absolute atomic E-state index is 0.0679. The lowest BCUT2D eigenvalue weighted by molar-refractivity contribution is 0.570. The van der Waals surface area contributed by atoms with E-state index in [9.17, 15) is 4.39 Å². The zero-order valence-electron chi connectivity index (χ0n) is 12.5. The van der Waals surface area contributed by atoms with Crippen LogP contribution in [0.2, 0.25) is 0 Å². The van der Waals surface area contributed by atoms with Crippen molar-refractivity contribution < 1.29 is 4.39 Å². The van der Waals surface area contributed by atoms with Gasteiger partial charge in [-0.05, 0) is 62.6 Å². The number of rotatable bonds is 4. The van der Waals surface area contributed by atoms with Crippen LogP contribution in [0.3, 0.4) is 0 Å². The highest BCUT2D eigenvalue weighted by molar-refractivity contribution is 5.38. The van der Waals surface area contributed by atoms with Gasteiger partial charge < -0.3 is 5.32 Å². The van der Waals surface area contributed by atoms with Gasteiger partial charge in [0.1, 0.15) is 5.82 Å². The zero-order chi connectivity index (χ0) is 14.7. The number of aromatic nitrogens is 1. The van der Waals surface area contributed by atoms with E-state index in [0.29, 0.717) is 0 Å². The molecule has 1 atom stereocenters. The van der Waals surface area contributed by atoms with Crippen molar-refractivity contribution in [3.05, 3.63) is 64.2 Å². The lowest BCUT2D eigenvalue weighted by Gasteiger charge is -2.20. The Hall–Kier alpha value is -1.74. The van der Waals surface area contributed by atoms with Crippen LogP contribution in [-0.2, 0) is 6.42 Å². The van der Waals surface area contributed by atoms with Crippen LogP contribution in [0.5, 0.6) is 0 Å². The van der Waals surface area contributed by atoms with Crippen LogP contribution in [0.15, 0.2) is 30.6 Å². The Bertz CT molecular complexity index is 585. The molecule has 1 aromatic heterocycles. The number of benzene rings is 1. The van der Waals surface area contributed by atoms with Gasteiger partial charge >= 0.3 is 0 Å². The van der Waals surface area contributed by atoms with Gasteiger partial charge in [0.15, 0.2) is 0 Å². The SMILES string of the molecule is CNC(Cc1c(C)cc(C)cc1C)c1cncc(F)c1. The quantitative estimate of drug-likeness (QED) is 0.919. The van der Waals surface area contributed by atoms with Crippen molar-refractivity contribution in [1.29, 1.82) is 0 Å². The van der Waals surface area contributed by atoms with E-state index in [4.69, 9.17) is 0 Å². The third-order valence-corrected chi connectivity index (χ3v) is 3.73. The van der Waals surface area contributed by atoms with Crippen LogP contribution >= 0.6 is 0 Å². The minimum atomic E-state index is -0.292. The number of likely N-dealkylation sites (N-methyl/N-ethyl adjacent to an activating group) is 1. The van der Waals surface area contributed by atoms with Gasteiger partial charge in [-0.15, -0.1) is 0 Å². The monoisotopic (exact) mass is 272 g/mol. The molecule has 0 saturated heterocycles. The Labute approximate surface area is 120 Å². The summed E-state index contributed by atoms with van der Waals surface area (Å²) in [5, 5.41) is 3.26. The van der Waals surface area contributed by atoms with Gasteiger partial charge in [-0.3, -0.25) is 4.98 Å². The largest absolute Gasteiger partial charge is 0.313 e. The van der Waals surface area contributed by atoms with Gasteiger partial charge in [0, 0.05) is 12.2 Å². The average molecular weight is 272 g/mol. The third-order valence-electron chi connectivity index (χ3n) is 3.73. The van der Waals surface area contributed by atoms with Crippen molar-refractivity contribution in [2.24, 2.45) is 0 Å². The van der Waals surface area contributed by atoms with Gasteiger partial charge in [-0.2, -0.15) is 0 Å². The first-order chi connectivity index (χ1) is 9.51. The molecule has 2 rings (SSSR count). The van der Waals surface area contributed by atoms with Crippen LogP contribution in [-0.4, -0.2) is 12.0 Å². The summed E-state index contributed by atoms with van der Waals surface area (Å²) >= 11 is 0. The molecule has 0 amide bonds. The number of nitrogens with one attached hydrogen (secondary N) is 1. The molecule has 106 valence electrons. The molecule has 20 heavy (non-hydrogen) atoms. The molecule has 1 unspecified atom stereocenters. The fraction of sp³-hybridized carbons (Fsp3) is 0.353. The van der Waals surface area contributed by atoms with Crippen LogP contribution in [0.4, 0.5) is 4.39 Å². The minimum Gasteiger partial charge on any atom is -0.313 e. The summed E-state index contributed by atoms with van der Waals surface area (Å²) in [4.78, 5) is 3.94. The lowest BCUT2D eigenvalue weighted by atomic mass is 9.92. The highest BCUT2D eigenvalue weighted by Gasteiger charge is 2.14. The van der Waals surface area contributed by atoms with E-state index in [1.54, 1.807) is 12.3 Å². The molecule has 0 aliphatic carbocycles. The second-order valence-electron chi connectivity index (χ2n) is 5.36. The fourth-order valence-corrected chi connectivity index (χ4v) is 2.74. The average Bonchev–Trinajstić information content (AvgIpc) is 2.38.